The van der Waals surface area contributed by atoms with Crippen LogP contribution in [0.2, 0.25) is 0 Å². The van der Waals surface area contributed by atoms with Crippen molar-refractivity contribution in [3.8, 4) is 5.19 Å². The second-order valence-corrected chi connectivity index (χ2v) is 8.46. The first-order valence-corrected chi connectivity index (χ1v) is 11.0. The summed E-state index contributed by atoms with van der Waals surface area (Å²) in [6.07, 6.45) is 0.967. The van der Waals surface area contributed by atoms with E-state index in [1.54, 1.807) is 16.7 Å². The molecular weight excluding hydrogens is 378 g/mol. The average molecular weight is 402 g/mol. The lowest BCUT2D eigenvalue weighted by Gasteiger charge is -2.36. The fourth-order valence-electron chi connectivity index (χ4n) is 3.40. The Hall–Kier alpha value is -1.96. The number of carbonyl (C=O) groups excluding carboxylic acids is 1. The molecule has 1 aromatic carbocycles. The molecule has 0 aliphatic carbocycles. The third kappa shape index (κ3) is 4.31. The Bertz CT molecular complexity index is 913. The highest BCUT2D eigenvalue weighted by atomic mass is 32.1. The summed E-state index contributed by atoms with van der Waals surface area (Å²) in [5.74, 6) is -0.0166. The molecule has 1 aliphatic heterocycles. The van der Waals surface area contributed by atoms with Crippen molar-refractivity contribution < 1.29 is 9.53 Å². The molecular formula is C20H23N3O2S2. The molecule has 4 rings (SSSR count). The van der Waals surface area contributed by atoms with Crippen LogP contribution in [0.25, 0.3) is 10.1 Å². The van der Waals surface area contributed by atoms with Crippen LogP contribution in [-0.2, 0) is 0 Å². The zero-order valence-electron chi connectivity index (χ0n) is 15.4. The minimum absolute atomic E-state index is 0.0166. The summed E-state index contributed by atoms with van der Waals surface area (Å²) in [6, 6.07) is 8.83. The van der Waals surface area contributed by atoms with Gasteiger partial charge in [0, 0.05) is 60.8 Å². The van der Waals surface area contributed by atoms with Gasteiger partial charge in [0.05, 0.1) is 6.61 Å². The van der Waals surface area contributed by atoms with Crippen LogP contribution in [0.5, 0.6) is 5.19 Å². The molecule has 0 bridgehead atoms. The van der Waals surface area contributed by atoms with Crippen LogP contribution in [-0.4, -0.2) is 55.0 Å². The summed E-state index contributed by atoms with van der Waals surface area (Å²) in [5.41, 5.74) is 1.86. The zero-order chi connectivity index (χ0) is 18.6. The van der Waals surface area contributed by atoms with Gasteiger partial charge in [0.1, 0.15) is 5.69 Å². The second-order valence-electron chi connectivity index (χ2n) is 6.70. The fourth-order valence-corrected chi connectivity index (χ4v) is 4.94. The molecule has 3 aromatic rings. The Morgan fingerprint density at radius 1 is 1.19 bits per heavy atom. The number of aromatic nitrogens is 1. The van der Waals surface area contributed by atoms with Crippen molar-refractivity contribution in [3.63, 3.8) is 0 Å². The van der Waals surface area contributed by atoms with Gasteiger partial charge < -0.3 is 9.64 Å². The van der Waals surface area contributed by atoms with Gasteiger partial charge in [-0.3, -0.25) is 9.69 Å². The van der Waals surface area contributed by atoms with Gasteiger partial charge in [-0.25, -0.2) is 0 Å². The summed E-state index contributed by atoms with van der Waals surface area (Å²) in [7, 11) is 0. The Morgan fingerprint density at radius 2 is 2.04 bits per heavy atom. The number of thiazole rings is 1. The lowest BCUT2D eigenvalue weighted by molar-refractivity contribution is 0.101. The summed E-state index contributed by atoms with van der Waals surface area (Å²) in [5, 5.41) is 5.89. The number of ether oxygens (including phenoxy) is 1. The number of anilines is 1. The predicted octanol–water partition coefficient (Wildman–Crippen LogP) is 4.15. The van der Waals surface area contributed by atoms with Gasteiger partial charge in [-0.15, -0.1) is 11.3 Å². The average Bonchev–Trinajstić information content (AvgIpc) is 3.35. The van der Waals surface area contributed by atoms with Gasteiger partial charge in [-0.1, -0.05) is 17.4 Å². The third-order valence-corrected chi connectivity index (χ3v) is 6.51. The maximum atomic E-state index is 11.3. The first-order chi connectivity index (χ1) is 13.2. The van der Waals surface area contributed by atoms with Crippen LogP contribution in [0.15, 0.2) is 35.0 Å². The number of nitrogens with zero attached hydrogens (tertiary/aromatic N) is 3. The first-order valence-electron chi connectivity index (χ1n) is 9.23. The maximum Gasteiger partial charge on any atom is 0.273 e. The van der Waals surface area contributed by atoms with Crippen LogP contribution in [0.3, 0.4) is 0 Å². The van der Waals surface area contributed by atoms with Crippen LogP contribution in [0.4, 0.5) is 5.69 Å². The van der Waals surface area contributed by atoms with Gasteiger partial charge in [0.25, 0.3) is 5.19 Å². The molecule has 0 atom stereocenters. The number of hydrogen-bond donors (Lipinski definition) is 0. The van der Waals surface area contributed by atoms with Crippen LogP contribution in [0, 0.1) is 0 Å². The maximum absolute atomic E-state index is 11.3. The van der Waals surface area contributed by atoms with E-state index in [1.807, 2.05) is 0 Å². The van der Waals surface area contributed by atoms with E-state index in [-0.39, 0.29) is 5.78 Å². The summed E-state index contributed by atoms with van der Waals surface area (Å²) in [6.45, 7) is 7.46. The molecule has 1 saturated heterocycles. The van der Waals surface area contributed by atoms with Gasteiger partial charge in [0.2, 0.25) is 0 Å². The van der Waals surface area contributed by atoms with Gasteiger partial charge in [-0.2, -0.15) is 4.98 Å². The topological polar surface area (TPSA) is 45.7 Å². The van der Waals surface area contributed by atoms with Crippen molar-refractivity contribution in [3.05, 3.63) is 40.7 Å². The molecule has 1 fully saturated rings. The SMILES string of the molecule is CC(=O)c1csc(OCCCN2CCN(c3cccc4sccc34)CC2)n1. The molecule has 0 saturated carbocycles. The smallest absolute Gasteiger partial charge is 0.273 e. The third-order valence-electron chi connectivity index (χ3n) is 4.87. The molecule has 5 nitrogen and oxygen atoms in total. The number of fused-ring (bicyclic) bond motifs is 1. The highest BCUT2D eigenvalue weighted by Crippen LogP contribution is 2.31. The molecule has 27 heavy (non-hydrogen) atoms. The van der Waals surface area contributed by atoms with Crippen molar-refractivity contribution in [1.29, 1.82) is 0 Å². The molecule has 0 radical (unpaired) electrons. The van der Waals surface area contributed by atoms with E-state index in [4.69, 9.17) is 4.74 Å². The number of Topliss-reactive ketones (excluding diaryl/α,β-unsaturated/α-hetero) is 1. The summed E-state index contributed by atoms with van der Waals surface area (Å²) >= 11 is 3.20. The Labute approximate surface area is 167 Å². The van der Waals surface area contributed by atoms with Crippen molar-refractivity contribution in [2.24, 2.45) is 0 Å². The van der Waals surface area contributed by atoms with E-state index in [0.717, 1.165) is 39.1 Å². The number of benzene rings is 1. The van der Waals surface area contributed by atoms with E-state index in [1.165, 1.54) is 34.0 Å². The predicted molar refractivity (Wildman–Crippen MR) is 113 cm³/mol. The van der Waals surface area contributed by atoms with Crippen molar-refractivity contribution in [2.75, 3.05) is 44.2 Å². The second kappa shape index (κ2) is 8.37. The van der Waals surface area contributed by atoms with E-state index < -0.39 is 0 Å². The Morgan fingerprint density at radius 3 is 2.81 bits per heavy atom. The lowest BCUT2D eigenvalue weighted by atomic mass is 10.2. The van der Waals surface area contributed by atoms with Gasteiger partial charge >= 0.3 is 0 Å². The molecule has 7 heteroatoms. The lowest BCUT2D eigenvalue weighted by Crippen LogP contribution is -2.46. The molecule has 142 valence electrons. The largest absolute Gasteiger partial charge is 0.470 e. The van der Waals surface area contributed by atoms with Crippen LogP contribution in [0.1, 0.15) is 23.8 Å². The van der Waals surface area contributed by atoms with Crippen molar-refractivity contribution in [2.45, 2.75) is 13.3 Å². The van der Waals surface area contributed by atoms with Crippen LogP contribution < -0.4 is 9.64 Å². The fraction of sp³-hybridized carbons (Fsp3) is 0.400. The zero-order valence-corrected chi connectivity index (χ0v) is 17.0. The quantitative estimate of drug-likeness (QED) is 0.440. The molecule has 0 spiro atoms. The van der Waals surface area contributed by atoms with E-state index >= 15 is 0 Å². The minimum Gasteiger partial charge on any atom is -0.470 e. The van der Waals surface area contributed by atoms with Gasteiger partial charge in [0.15, 0.2) is 5.78 Å². The minimum atomic E-state index is -0.0166. The van der Waals surface area contributed by atoms with Crippen molar-refractivity contribution in [1.82, 2.24) is 9.88 Å². The summed E-state index contributed by atoms with van der Waals surface area (Å²) < 4.78 is 7.04. The molecule has 0 N–H and O–H groups in total. The van der Waals surface area contributed by atoms with Crippen LogP contribution >= 0.6 is 22.7 Å². The number of piperazine rings is 1. The number of carbonyl (C=O) groups is 1. The van der Waals surface area contributed by atoms with Gasteiger partial charge in [-0.05, 0) is 30.0 Å². The summed E-state index contributed by atoms with van der Waals surface area (Å²) in [4.78, 5) is 20.4. The highest BCUT2D eigenvalue weighted by Gasteiger charge is 2.18. The Kier molecular flexibility index (Phi) is 5.71. The molecule has 2 aromatic heterocycles. The number of hydrogen-bond acceptors (Lipinski definition) is 7. The molecule has 0 unspecified atom stereocenters. The monoisotopic (exact) mass is 401 g/mol. The molecule has 0 amide bonds. The standard InChI is InChI=1S/C20H23N3O2S2/c1-15(24)17-14-27-20(21-17)25-12-3-7-22-8-10-23(11-9-22)18-4-2-5-19-16(18)6-13-26-19/h2,4-6,13-14H,3,7-12H2,1H3. The van der Waals surface area contributed by atoms with Crippen molar-refractivity contribution >= 4 is 44.2 Å². The first kappa shape index (κ1) is 18.4. The van der Waals surface area contributed by atoms with E-state index in [9.17, 15) is 4.79 Å². The normalized spacial score (nSPS) is 15.4. The van der Waals surface area contributed by atoms with E-state index in [2.05, 4.69) is 44.4 Å². The number of thiophene rings is 1. The molecule has 1 aliphatic rings. The number of rotatable bonds is 7. The Balaban J connectivity index is 1.21. The van der Waals surface area contributed by atoms with E-state index in [0.29, 0.717) is 17.5 Å². The number of ketones is 1. The highest BCUT2D eigenvalue weighted by molar-refractivity contribution is 7.17. The molecule has 3 heterocycles.